The van der Waals surface area contributed by atoms with Crippen molar-refractivity contribution in [3.8, 4) is 12.1 Å². The normalized spacial score (nSPS) is 23.1. The van der Waals surface area contributed by atoms with Crippen molar-refractivity contribution in [1.29, 1.82) is 10.5 Å². The van der Waals surface area contributed by atoms with E-state index < -0.39 is 23.4 Å². The quantitative estimate of drug-likeness (QED) is 0.571. The highest BCUT2D eigenvalue weighted by Gasteiger charge is 2.63. The second kappa shape index (κ2) is 6.99. The van der Waals surface area contributed by atoms with E-state index in [1.54, 1.807) is 12.1 Å². The van der Waals surface area contributed by atoms with Gasteiger partial charge in [-0.05, 0) is 34.0 Å². The molecule has 0 bridgehead atoms. The van der Waals surface area contributed by atoms with Crippen LogP contribution in [0.15, 0.2) is 77.5 Å². The Bertz CT molecular complexity index is 1200. The van der Waals surface area contributed by atoms with Crippen LogP contribution in [0.3, 0.4) is 0 Å². The van der Waals surface area contributed by atoms with Gasteiger partial charge >= 0.3 is 0 Å². The number of para-hydroxylation sites is 1. The molecule has 0 N–H and O–H groups in total. The number of benzene rings is 2. The Kier molecular flexibility index (Phi) is 4.28. The average molecular weight is 407 g/mol. The standard InChI is InChI=1S/C25H17N3OS/c26-15-25(16-27)21-11-10-17-6-4-5-9-20(17)28(21)23(22(25)19-12-13-30-14-19)24(29)18-7-2-1-3-8-18/h1-14,21-23H/t21-,22-,23+/m0/s1. The zero-order chi connectivity index (χ0) is 20.7. The minimum Gasteiger partial charge on any atom is -0.351 e. The van der Waals surface area contributed by atoms with Gasteiger partial charge in [-0.3, -0.25) is 4.79 Å². The number of ketones is 1. The highest BCUT2D eigenvalue weighted by molar-refractivity contribution is 7.08. The van der Waals surface area contributed by atoms with Crippen LogP contribution >= 0.6 is 11.3 Å². The number of rotatable bonds is 3. The van der Waals surface area contributed by atoms with E-state index in [-0.39, 0.29) is 5.78 Å². The molecule has 4 nitrogen and oxygen atoms in total. The summed E-state index contributed by atoms with van der Waals surface area (Å²) in [6.45, 7) is 0. The topological polar surface area (TPSA) is 67.9 Å². The van der Waals surface area contributed by atoms with E-state index in [1.165, 1.54) is 11.3 Å². The molecule has 2 aliphatic rings. The predicted molar refractivity (Wildman–Crippen MR) is 117 cm³/mol. The lowest BCUT2D eigenvalue weighted by Gasteiger charge is -2.35. The highest BCUT2D eigenvalue weighted by atomic mass is 32.1. The SMILES string of the molecule is N#CC1(C#N)[C@@H]2C=Cc3ccccc3N2[C@@H](C(=O)c2ccccc2)[C@@H]1c1ccsc1. The van der Waals surface area contributed by atoms with Gasteiger partial charge in [0.2, 0.25) is 0 Å². The van der Waals surface area contributed by atoms with Crippen molar-refractivity contribution < 1.29 is 4.79 Å². The molecule has 2 aromatic carbocycles. The van der Waals surface area contributed by atoms with Crippen LogP contribution in [0, 0.1) is 28.1 Å². The molecule has 1 aromatic heterocycles. The molecule has 0 unspecified atom stereocenters. The number of hydrogen-bond donors (Lipinski definition) is 0. The summed E-state index contributed by atoms with van der Waals surface area (Å²) in [7, 11) is 0. The highest BCUT2D eigenvalue weighted by Crippen LogP contribution is 2.55. The number of nitrogens with zero attached hydrogens (tertiary/aromatic N) is 3. The Hall–Kier alpha value is -3.67. The lowest BCUT2D eigenvalue weighted by molar-refractivity contribution is 0.0951. The fourth-order valence-corrected chi connectivity index (χ4v) is 5.53. The van der Waals surface area contributed by atoms with E-state index in [0.717, 1.165) is 16.8 Å². The van der Waals surface area contributed by atoms with Crippen LogP contribution in [0.1, 0.15) is 27.4 Å². The van der Waals surface area contributed by atoms with Gasteiger partial charge in [0.15, 0.2) is 11.2 Å². The third kappa shape index (κ3) is 2.46. The lowest BCUT2D eigenvalue weighted by Crippen LogP contribution is -2.44. The van der Waals surface area contributed by atoms with Crippen LogP contribution in [-0.2, 0) is 0 Å². The Labute approximate surface area is 178 Å². The monoisotopic (exact) mass is 407 g/mol. The van der Waals surface area contributed by atoms with Gasteiger partial charge in [-0.25, -0.2) is 0 Å². The number of hydrogen-bond acceptors (Lipinski definition) is 5. The molecular formula is C25H17N3OS. The summed E-state index contributed by atoms with van der Waals surface area (Å²) in [5, 5.41) is 24.5. The molecule has 5 heteroatoms. The number of carbonyl (C=O) groups excluding carboxylic acids is 1. The molecule has 30 heavy (non-hydrogen) atoms. The van der Waals surface area contributed by atoms with E-state index in [0.29, 0.717) is 5.56 Å². The second-order valence-corrected chi connectivity index (χ2v) is 8.35. The maximum Gasteiger partial charge on any atom is 0.185 e. The molecule has 0 amide bonds. The predicted octanol–water partition coefficient (Wildman–Crippen LogP) is 5.03. The summed E-state index contributed by atoms with van der Waals surface area (Å²) >= 11 is 1.51. The van der Waals surface area contributed by atoms with Gasteiger partial charge < -0.3 is 4.90 Å². The van der Waals surface area contributed by atoms with Crippen molar-refractivity contribution >= 4 is 28.9 Å². The minimum absolute atomic E-state index is 0.0747. The van der Waals surface area contributed by atoms with Crippen LogP contribution in [0.4, 0.5) is 5.69 Å². The number of fused-ring (bicyclic) bond motifs is 3. The first-order valence-electron chi connectivity index (χ1n) is 9.70. The maximum absolute atomic E-state index is 13.9. The van der Waals surface area contributed by atoms with Crippen molar-refractivity contribution in [2.24, 2.45) is 5.41 Å². The van der Waals surface area contributed by atoms with E-state index in [2.05, 4.69) is 12.1 Å². The van der Waals surface area contributed by atoms with Crippen molar-refractivity contribution in [2.75, 3.05) is 4.90 Å². The summed E-state index contributed by atoms with van der Waals surface area (Å²) in [5.74, 6) is -0.637. The fraction of sp³-hybridized carbons (Fsp3) is 0.160. The van der Waals surface area contributed by atoms with Crippen molar-refractivity contribution in [3.05, 3.63) is 94.2 Å². The van der Waals surface area contributed by atoms with Gasteiger partial charge in [-0.2, -0.15) is 21.9 Å². The van der Waals surface area contributed by atoms with E-state index in [9.17, 15) is 15.3 Å². The van der Waals surface area contributed by atoms with Crippen LogP contribution in [-0.4, -0.2) is 17.9 Å². The Morgan fingerprint density at radius 1 is 1.00 bits per heavy atom. The van der Waals surface area contributed by atoms with Gasteiger partial charge in [0.05, 0.1) is 18.2 Å². The van der Waals surface area contributed by atoms with Crippen LogP contribution in [0.25, 0.3) is 6.08 Å². The molecule has 3 aromatic rings. The molecule has 0 radical (unpaired) electrons. The molecule has 5 rings (SSSR count). The average Bonchev–Trinajstić information content (AvgIpc) is 3.43. The van der Waals surface area contributed by atoms with Gasteiger partial charge in [-0.1, -0.05) is 60.7 Å². The molecule has 2 aliphatic heterocycles. The first-order chi connectivity index (χ1) is 14.7. The summed E-state index contributed by atoms with van der Waals surface area (Å²) < 4.78 is 0. The Balaban J connectivity index is 1.78. The van der Waals surface area contributed by atoms with Crippen molar-refractivity contribution in [1.82, 2.24) is 0 Å². The zero-order valence-electron chi connectivity index (χ0n) is 16.0. The van der Waals surface area contributed by atoms with E-state index in [1.807, 2.05) is 76.3 Å². The van der Waals surface area contributed by atoms with Crippen LogP contribution < -0.4 is 4.90 Å². The Morgan fingerprint density at radius 3 is 2.43 bits per heavy atom. The first-order valence-corrected chi connectivity index (χ1v) is 10.6. The number of nitriles is 2. The summed E-state index contributed by atoms with van der Waals surface area (Å²) in [6, 6.07) is 22.4. The molecule has 1 saturated heterocycles. The summed E-state index contributed by atoms with van der Waals surface area (Å²) in [4.78, 5) is 15.9. The van der Waals surface area contributed by atoms with Crippen molar-refractivity contribution in [2.45, 2.75) is 18.0 Å². The van der Waals surface area contributed by atoms with Crippen LogP contribution in [0.2, 0.25) is 0 Å². The molecule has 0 saturated carbocycles. The van der Waals surface area contributed by atoms with Gasteiger partial charge in [0, 0.05) is 17.2 Å². The molecule has 0 aliphatic carbocycles. The summed E-state index contributed by atoms with van der Waals surface area (Å²) in [6.07, 6.45) is 3.87. The second-order valence-electron chi connectivity index (χ2n) is 7.57. The molecule has 144 valence electrons. The summed E-state index contributed by atoms with van der Waals surface area (Å²) in [5.41, 5.74) is 1.93. The first kappa shape index (κ1) is 18.4. The maximum atomic E-state index is 13.9. The molecular weight excluding hydrogens is 390 g/mol. The van der Waals surface area contributed by atoms with Gasteiger partial charge in [0.1, 0.15) is 6.04 Å². The lowest BCUT2D eigenvalue weighted by atomic mass is 9.69. The third-order valence-electron chi connectivity index (χ3n) is 6.14. The molecule has 3 heterocycles. The third-order valence-corrected chi connectivity index (χ3v) is 6.85. The molecule has 0 spiro atoms. The fourth-order valence-electron chi connectivity index (χ4n) is 4.83. The van der Waals surface area contributed by atoms with Crippen LogP contribution in [0.5, 0.6) is 0 Å². The Morgan fingerprint density at radius 2 is 1.73 bits per heavy atom. The van der Waals surface area contributed by atoms with Crippen molar-refractivity contribution in [3.63, 3.8) is 0 Å². The molecule has 1 fully saturated rings. The number of carbonyl (C=O) groups is 1. The van der Waals surface area contributed by atoms with Gasteiger partial charge in [0.25, 0.3) is 0 Å². The number of thiophene rings is 1. The number of Topliss-reactive ketones (excluding diaryl/α,β-unsaturated/α-hetero) is 1. The largest absolute Gasteiger partial charge is 0.351 e. The molecule has 3 atom stereocenters. The van der Waals surface area contributed by atoms with E-state index in [4.69, 9.17) is 0 Å². The minimum atomic E-state index is -1.37. The zero-order valence-corrected chi connectivity index (χ0v) is 16.8. The number of anilines is 1. The van der Waals surface area contributed by atoms with E-state index >= 15 is 0 Å². The smallest absolute Gasteiger partial charge is 0.185 e. The van der Waals surface area contributed by atoms with Gasteiger partial charge in [-0.15, -0.1) is 0 Å².